The van der Waals surface area contributed by atoms with E-state index in [4.69, 9.17) is 14.2 Å². The van der Waals surface area contributed by atoms with Gasteiger partial charge in [-0.05, 0) is 12.1 Å². The number of esters is 3. The van der Waals surface area contributed by atoms with Gasteiger partial charge in [-0.15, -0.1) is 0 Å². The molecule has 0 aliphatic carbocycles. The monoisotopic (exact) mass is 431 g/mol. The van der Waals surface area contributed by atoms with E-state index in [2.05, 4.69) is 0 Å². The predicted molar refractivity (Wildman–Crippen MR) is 90.6 cm³/mol. The van der Waals surface area contributed by atoms with Gasteiger partial charge in [0.1, 0.15) is 0 Å². The largest absolute Gasteiger partial charge is 0.453 e. The Hall–Kier alpha value is -3.44. The summed E-state index contributed by atoms with van der Waals surface area (Å²) in [5.41, 5.74) is -2.20. The van der Waals surface area contributed by atoms with E-state index in [1.54, 1.807) is 0 Å². The topological polar surface area (TPSA) is 116 Å². The number of hydrogen-bond donors (Lipinski definition) is 0. The van der Waals surface area contributed by atoms with Crippen molar-refractivity contribution in [3.05, 3.63) is 29.8 Å². The van der Waals surface area contributed by atoms with Crippen LogP contribution < -0.4 is 4.90 Å². The van der Waals surface area contributed by atoms with Gasteiger partial charge in [0.25, 0.3) is 11.8 Å². The zero-order chi connectivity index (χ0) is 22.8. The highest BCUT2D eigenvalue weighted by Crippen LogP contribution is 2.38. The lowest BCUT2D eigenvalue weighted by Gasteiger charge is -2.39. The summed E-state index contributed by atoms with van der Waals surface area (Å²) in [6.07, 6.45) is -10.9. The fourth-order valence-electron chi connectivity index (χ4n) is 2.86. The molecule has 162 valence electrons. The van der Waals surface area contributed by atoms with Crippen LogP contribution in [0.2, 0.25) is 0 Å². The van der Waals surface area contributed by atoms with Gasteiger partial charge in [-0.2, -0.15) is 13.2 Å². The summed E-state index contributed by atoms with van der Waals surface area (Å²) in [6, 6.07) is 3.67. The fourth-order valence-corrected chi connectivity index (χ4v) is 2.86. The van der Waals surface area contributed by atoms with Crippen molar-refractivity contribution < 1.29 is 51.4 Å². The summed E-state index contributed by atoms with van der Waals surface area (Å²) in [5.74, 6) is -5.92. The van der Waals surface area contributed by atoms with Crippen LogP contribution >= 0.6 is 0 Å². The second-order valence-electron chi connectivity index (χ2n) is 6.16. The summed E-state index contributed by atoms with van der Waals surface area (Å²) >= 11 is 0. The smallest absolute Gasteiger partial charge is 0.418 e. The van der Waals surface area contributed by atoms with Gasteiger partial charge >= 0.3 is 24.1 Å². The lowest BCUT2D eigenvalue weighted by molar-refractivity contribution is -0.191. The number of rotatable bonds is 4. The molecule has 3 atom stereocenters. The number of amides is 2. The van der Waals surface area contributed by atoms with E-state index in [-0.39, 0.29) is 4.90 Å². The summed E-state index contributed by atoms with van der Waals surface area (Å²) in [7, 11) is 0. The molecule has 0 N–H and O–H groups in total. The highest BCUT2D eigenvalue weighted by molar-refractivity contribution is 6.21. The van der Waals surface area contributed by atoms with Crippen molar-refractivity contribution in [3.8, 4) is 0 Å². The molecule has 2 rings (SSSR count). The van der Waals surface area contributed by atoms with Gasteiger partial charge in [0.15, 0.2) is 6.10 Å². The molecule has 0 bridgehead atoms. The summed E-state index contributed by atoms with van der Waals surface area (Å²) in [4.78, 5) is 60.3. The van der Waals surface area contributed by atoms with Crippen LogP contribution in [-0.2, 0) is 44.4 Å². The van der Waals surface area contributed by atoms with E-state index < -0.39 is 65.5 Å². The molecule has 1 unspecified atom stereocenters. The number of alkyl halides is 3. The number of halogens is 3. The van der Waals surface area contributed by atoms with E-state index in [1.807, 2.05) is 0 Å². The highest BCUT2D eigenvalue weighted by atomic mass is 19.4. The zero-order valence-corrected chi connectivity index (χ0v) is 15.9. The first-order valence-electron chi connectivity index (χ1n) is 8.40. The Morgan fingerprint density at radius 3 is 1.67 bits per heavy atom. The Balaban J connectivity index is 2.67. The molecular formula is C18H16F3NO8. The Bertz CT molecular complexity index is 862. The molecule has 1 fully saturated rings. The third-order valence-corrected chi connectivity index (χ3v) is 3.86. The maximum Gasteiger partial charge on any atom is 0.418 e. The molecular weight excluding hydrogens is 415 g/mol. The van der Waals surface area contributed by atoms with Gasteiger partial charge in [0.05, 0.1) is 11.3 Å². The van der Waals surface area contributed by atoms with Gasteiger partial charge in [0.2, 0.25) is 12.2 Å². The number of carbonyl (C=O) groups excluding carboxylic acids is 5. The van der Waals surface area contributed by atoms with Gasteiger partial charge in [0, 0.05) is 20.8 Å². The lowest BCUT2D eigenvalue weighted by atomic mass is 9.97. The number of anilines is 1. The predicted octanol–water partition coefficient (Wildman–Crippen LogP) is 1.37. The Morgan fingerprint density at radius 2 is 1.27 bits per heavy atom. The Morgan fingerprint density at radius 1 is 0.833 bits per heavy atom. The van der Waals surface area contributed by atoms with Crippen molar-refractivity contribution in [1.29, 1.82) is 0 Å². The standard InChI is InChI=1S/C18H16F3NO8/c1-8(23)28-13-14(29-9(2)24)16(26)22(17(27)15(13)30-10(3)25)12-7-5-4-6-11(12)18(19,20)21/h4-7,13-15H,1-3H3/t13?,14-,15+. The van der Waals surface area contributed by atoms with Crippen LogP contribution in [0, 0.1) is 0 Å². The SMILES string of the molecule is CC(=O)OC1[C@H](OC(C)=O)C(=O)N(c2ccccc2C(F)(F)F)C(=O)[C@@H]1OC(C)=O. The number of benzene rings is 1. The summed E-state index contributed by atoms with van der Waals surface area (Å²) in [5, 5.41) is 0. The van der Waals surface area contributed by atoms with E-state index in [0.29, 0.717) is 6.07 Å². The lowest BCUT2D eigenvalue weighted by Crippen LogP contribution is -2.65. The highest BCUT2D eigenvalue weighted by Gasteiger charge is 2.55. The average Bonchev–Trinajstić information content (AvgIpc) is 2.60. The average molecular weight is 431 g/mol. The maximum absolute atomic E-state index is 13.4. The minimum Gasteiger partial charge on any atom is -0.453 e. The second kappa shape index (κ2) is 8.51. The number of carbonyl (C=O) groups is 5. The number of ether oxygens (including phenoxy) is 3. The summed E-state index contributed by atoms with van der Waals surface area (Å²) in [6.45, 7) is 2.70. The van der Waals surface area contributed by atoms with Crippen LogP contribution in [0.25, 0.3) is 0 Å². The van der Waals surface area contributed by atoms with Crippen LogP contribution in [0.4, 0.5) is 18.9 Å². The van der Waals surface area contributed by atoms with Gasteiger partial charge in [-0.25, -0.2) is 4.90 Å². The second-order valence-corrected chi connectivity index (χ2v) is 6.16. The first-order chi connectivity index (χ1) is 13.8. The van der Waals surface area contributed by atoms with Crippen molar-refractivity contribution in [2.45, 2.75) is 45.3 Å². The number of hydrogen-bond acceptors (Lipinski definition) is 8. The number of piperidine rings is 1. The van der Waals surface area contributed by atoms with Gasteiger partial charge in [-0.1, -0.05) is 12.1 Å². The normalized spacial score (nSPS) is 21.8. The molecule has 1 heterocycles. The number of para-hydroxylation sites is 1. The van der Waals surface area contributed by atoms with Gasteiger partial charge in [-0.3, -0.25) is 24.0 Å². The molecule has 2 amide bonds. The molecule has 1 aromatic carbocycles. The van der Waals surface area contributed by atoms with Crippen molar-refractivity contribution in [2.24, 2.45) is 0 Å². The molecule has 1 saturated heterocycles. The van der Waals surface area contributed by atoms with Gasteiger partial charge < -0.3 is 14.2 Å². The molecule has 1 aliphatic rings. The Labute approximate surface area is 167 Å². The van der Waals surface area contributed by atoms with Crippen LogP contribution in [-0.4, -0.2) is 48.0 Å². The third kappa shape index (κ3) is 4.75. The summed E-state index contributed by atoms with van der Waals surface area (Å²) < 4.78 is 54.8. The number of imide groups is 1. The van der Waals surface area contributed by atoms with Crippen LogP contribution in [0.15, 0.2) is 24.3 Å². The zero-order valence-electron chi connectivity index (χ0n) is 15.9. The molecule has 1 aromatic rings. The molecule has 0 aromatic heterocycles. The molecule has 9 nitrogen and oxygen atoms in total. The molecule has 0 spiro atoms. The number of nitrogens with zero attached hydrogens (tertiary/aromatic N) is 1. The minimum absolute atomic E-state index is 0.101. The molecule has 1 aliphatic heterocycles. The third-order valence-electron chi connectivity index (χ3n) is 3.86. The van der Waals surface area contributed by atoms with Crippen molar-refractivity contribution in [1.82, 2.24) is 0 Å². The van der Waals surface area contributed by atoms with Crippen molar-refractivity contribution in [3.63, 3.8) is 0 Å². The van der Waals surface area contributed by atoms with E-state index in [0.717, 1.165) is 39.0 Å². The fraction of sp³-hybridized carbons (Fsp3) is 0.389. The van der Waals surface area contributed by atoms with Crippen LogP contribution in [0.3, 0.4) is 0 Å². The van der Waals surface area contributed by atoms with E-state index in [1.165, 1.54) is 0 Å². The maximum atomic E-state index is 13.4. The van der Waals surface area contributed by atoms with Crippen molar-refractivity contribution in [2.75, 3.05) is 4.90 Å². The molecule has 0 radical (unpaired) electrons. The van der Waals surface area contributed by atoms with Crippen LogP contribution in [0.5, 0.6) is 0 Å². The first kappa shape index (κ1) is 22.8. The molecule has 30 heavy (non-hydrogen) atoms. The van der Waals surface area contributed by atoms with E-state index in [9.17, 15) is 37.1 Å². The minimum atomic E-state index is -4.95. The molecule has 0 saturated carbocycles. The molecule has 12 heteroatoms. The first-order valence-corrected chi connectivity index (χ1v) is 8.40. The Kier molecular flexibility index (Phi) is 6.48. The quantitative estimate of drug-likeness (QED) is 0.399. The van der Waals surface area contributed by atoms with E-state index >= 15 is 0 Å². The van der Waals surface area contributed by atoms with Crippen LogP contribution in [0.1, 0.15) is 26.3 Å². The van der Waals surface area contributed by atoms with Crippen molar-refractivity contribution >= 4 is 35.4 Å².